The average molecular weight is 255 g/mol. The van der Waals surface area contributed by atoms with Gasteiger partial charge in [0.15, 0.2) is 0 Å². The Balaban J connectivity index is 1.71. The van der Waals surface area contributed by atoms with E-state index in [1.54, 1.807) is 6.26 Å². The second kappa shape index (κ2) is 6.95. The molecule has 2 aromatic rings. The summed E-state index contributed by atoms with van der Waals surface area (Å²) in [4.78, 5) is 0. The van der Waals surface area contributed by atoms with Crippen molar-refractivity contribution in [2.75, 3.05) is 6.54 Å². The number of hydrogen-bond acceptors (Lipinski definition) is 2. The van der Waals surface area contributed by atoms with Gasteiger partial charge in [0.05, 0.1) is 6.26 Å². The van der Waals surface area contributed by atoms with E-state index in [2.05, 4.69) is 31.0 Å². The van der Waals surface area contributed by atoms with Crippen molar-refractivity contribution in [2.24, 2.45) is 0 Å². The van der Waals surface area contributed by atoms with E-state index in [4.69, 9.17) is 4.42 Å². The smallest absolute Gasteiger partial charge is 0.103 e. The molecular formula is C17H21NO. The first-order valence-electron chi connectivity index (χ1n) is 6.74. The summed E-state index contributed by atoms with van der Waals surface area (Å²) in [6.07, 6.45) is 3.76. The third-order valence-corrected chi connectivity index (χ3v) is 3.25. The Hall–Kier alpha value is -1.80. The number of rotatable bonds is 7. The van der Waals surface area contributed by atoms with E-state index >= 15 is 0 Å². The molecule has 0 aliphatic heterocycles. The van der Waals surface area contributed by atoms with Crippen LogP contribution in [-0.4, -0.2) is 12.6 Å². The molecule has 0 aliphatic rings. The van der Waals surface area contributed by atoms with Crippen LogP contribution in [0.3, 0.4) is 0 Å². The molecule has 0 bridgehead atoms. The Kier molecular flexibility index (Phi) is 4.99. The van der Waals surface area contributed by atoms with E-state index in [9.17, 15) is 0 Å². The highest BCUT2D eigenvalue weighted by molar-refractivity contribution is 5.64. The van der Waals surface area contributed by atoms with Crippen molar-refractivity contribution in [3.8, 4) is 0 Å². The van der Waals surface area contributed by atoms with E-state index < -0.39 is 0 Å². The molecule has 1 heterocycles. The zero-order valence-corrected chi connectivity index (χ0v) is 11.4. The maximum Gasteiger partial charge on any atom is 0.103 e. The van der Waals surface area contributed by atoms with E-state index in [1.807, 2.05) is 30.3 Å². The lowest BCUT2D eigenvalue weighted by Crippen LogP contribution is -2.27. The van der Waals surface area contributed by atoms with Gasteiger partial charge in [-0.1, -0.05) is 36.9 Å². The molecule has 0 amide bonds. The maximum absolute atomic E-state index is 5.33. The van der Waals surface area contributed by atoms with Gasteiger partial charge in [-0.05, 0) is 36.6 Å². The molecule has 2 rings (SSSR count). The number of aryl methyl sites for hydroxylation is 1. The fourth-order valence-corrected chi connectivity index (χ4v) is 1.99. The van der Waals surface area contributed by atoms with Gasteiger partial charge in [0.2, 0.25) is 0 Å². The largest absolute Gasteiger partial charge is 0.469 e. The molecule has 1 aromatic heterocycles. The van der Waals surface area contributed by atoms with Crippen molar-refractivity contribution >= 4 is 5.57 Å². The minimum Gasteiger partial charge on any atom is -0.469 e. The van der Waals surface area contributed by atoms with Crippen LogP contribution in [0.1, 0.15) is 24.7 Å². The van der Waals surface area contributed by atoms with Crippen LogP contribution in [0.4, 0.5) is 0 Å². The monoisotopic (exact) mass is 255 g/mol. The summed E-state index contributed by atoms with van der Waals surface area (Å²) in [6, 6.07) is 14.7. The number of nitrogens with one attached hydrogen (secondary N) is 1. The highest BCUT2D eigenvalue weighted by atomic mass is 16.3. The SMILES string of the molecule is C=C(CNC(C)CCc1ccco1)c1ccccc1. The molecule has 0 saturated heterocycles. The minimum absolute atomic E-state index is 0.450. The van der Waals surface area contributed by atoms with Crippen LogP contribution in [0, 0.1) is 0 Å². The molecule has 0 fully saturated rings. The second-order valence-electron chi connectivity index (χ2n) is 4.87. The van der Waals surface area contributed by atoms with Crippen molar-refractivity contribution in [3.63, 3.8) is 0 Å². The second-order valence-corrected chi connectivity index (χ2v) is 4.87. The lowest BCUT2D eigenvalue weighted by Gasteiger charge is -2.14. The van der Waals surface area contributed by atoms with Gasteiger partial charge in [0.1, 0.15) is 5.76 Å². The summed E-state index contributed by atoms with van der Waals surface area (Å²) in [6.45, 7) is 7.14. The molecule has 100 valence electrons. The van der Waals surface area contributed by atoms with Gasteiger partial charge in [-0.15, -0.1) is 0 Å². The third kappa shape index (κ3) is 4.42. The van der Waals surface area contributed by atoms with Gasteiger partial charge in [-0.25, -0.2) is 0 Å². The molecule has 2 heteroatoms. The van der Waals surface area contributed by atoms with Gasteiger partial charge in [0, 0.05) is 19.0 Å². The first kappa shape index (κ1) is 13.6. The lowest BCUT2D eigenvalue weighted by atomic mass is 10.1. The topological polar surface area (TPSA) is 25.2 Å². The molecule has 1 aromatic carbocycles. The average Bonchev–Trinajstić information content (AvgIpc) is 2.96. The van der Waals surface area contributed by atoms with E-state index in [-0.39, 0.29) is 0 Å². The van der Waals surface area contributed by atoms with Crippen molar-refractivity contribution in [1.82, 2.24) is 5.32 Å². The molecule has 0 saturated carbocycles. The summed E-state index contributed by atoms with van der Waals surface area (Å²) in [5.74, 6) is 1.05. The summed E-state index contributed by atoms with van der Waals surface area (Å²) in [5, 5.41) is 3.50. The molecule has 2 nitrogen and oxygen atoms in total. The van der Waals surface area contributed by atoms with Gasteiger partial charge < -0.3 is 9.73 Å². The van der Waals surface area contributed by atoms with Crippen LogP contribution < -0.4 is 5.32 Å². The predicted molar refractivity (Wildman–Crippen MR) is 80.0 cm³/mol. The number of benzene rings is 1. The van der Waals surface area contributed by atoms with Crippen LogP contribution in [0.5, 0.6) is 0 Å². The van der Waals surface area contributed by atoms with Gasteiger partial charge in [-0.3, -0.25) is 0 Å². The lowest BCUT2D eigenvalue weighted by molar-refractivity contribution is 0.470. The summed E-state index contributed by atoms with van der Waals surface area (Å²) in [7, 11) is 0. The zero-order valence-electron chi connectivity index (χ0n) is 11.4. The summed E-state index contributed by atoms with van der Waals surface area (Å²) >= 11 is 0. The molecule has 1 unspecified atom stereocenters. The van der Waals surface area contributed by atoms with Crippen molar-refractivity contribution in [2.45, 2.75) is 25.8 Å². The fraction of sp³-hybridized carbons (Fsp3) is 0.294. The fourth-order valence-electron chi connectivity index (χ4n) is 1.99. The van der Waals surface area contributed by atoms with E-state index in [1.165, 1.54) is 5.56 Å². The van der Waals surface area contributed by atoms with Gasteiger partial charge in [0.25, 0.3) is 0 Å². The van der Waals surface area contributed by atoms with E-state index in [0.29, 0.717) is 6.04 Å². The Morgan fingerprint density at radius 2 is 2.00 bits per heavy atom. The van der Waals surface area contributed by atoms with E-state index in [0.717, 1.165) is 30.7 Å². The molecule has 1 atom stereocenters. The Morgan fingerprint density at radius 3 is 2.68 bits per heavy atom. The van der Waals surface area contributed by atoms with Crippen LogP contribution in [-0.2, 0) is 6.42 Å². The van der Waals surface area contributed by atoms with Crippen LogP contribution in [0.25, 0.3) is 5.57 Å². The molecular weight excluding hydrogens is 234 g/mol. The van der Waals surface area contributed by atoms with Crippen LogP contribution in [0.15, 0.2) is 59.7 Å². The van der Waals surface area contributed by atoms with Crippen molar-refractivity contribution in [3.05, 3.63) is 66.6 Å². The summed E-state index contributed by atoms with van der Waals surface area (Å²) in [5.41, 5.74) is 2.33. The zero-order chi connectivity index (χ0) is 13.5. The summed E-state index contributed by atoms with van der Waals surface area (Å²) < 4.78 is 5.33. The molecule has 0 radical (unpaired) electrons. The molecule has 19 heavy (non-hydrogen) atoms. The minimum atomic E-state index is 0.450. The third-order valence-electron chi connectivity index (χ3n) is 3.25. The number of hydrogen-bond donors (Lipinski definition) is 1. The first-order valence-corrected chi connectivity index (χ1v) is 6.74. The maximum atomic E-state index is 5.33. The molecule has 1 N–H and O–H groups in total. The quantitative estimate of drug-likeness (QED) is 0.811. The highest BCUT2D eigenvalue weighted by Crippen LogP contribution is 2.11. The van der Waals surface area contributed by atoms with Crippen LogP contribution >= 0.6 is 0 Å². The van der Waals surface area contributed by atoms with Crippen LogP contribution in [0.2, 0.25) is 0 Å². The molecule has 0 aliphatic carbocycles. The standard InChI is InChI=1S/C17H21NO/c1-14(16-7-4-3-5-8-16)13-18-15(2)10-11-17-9-6-12-19-17/h3-9,12,15,18H,1,10-11,13H2,2H3. The first-order chi connectivity index (χ1) is 9.25. The highest BCUT2D eigenvalue weighted by Gasteiger charge is 2.05. The van der Waals surface area contributed by atoms with Crippen molar-refractivity contribution in [1.29, 1.82) is 0 Å². The normalized spacial score (nSPS) is 12.3. The Bertz CT molecular complexity index is 487. The van der Waals surface area contributed by atoms with Crippen molar-refractivity contribution < 1.29 is 4.42 Å². The van der Waals surface area contributed by atoms with Gasteiger partial charge in [-0.2, -0.15) is 0 Å². The number of furan rings is 1. The Morgan fingerprint density at radius 1 is 1.21 bits per heavy atom. The Labute approximate surface area is 115 Å². The molecule has 0 spiro atoms. The predicted octanol–water partition coefficient (Wildman–Crippen LogP) is 3.90. The van der Waals surface area contributed by atoms with Gasteiger partial charge >= 0.3 is 0 Å².